The Morgan fingerprint density at radius 1 is 1.08 bits per heavy atom. The SMILES string of the molecule is C=CCn1nnc(NC(=O)C(c2ccccc2)c2ccccc2)n1. The number of rotatable bonds is 6. The van der Waals surface area contributed by atoms with Crippen LogP contribution in [0.15, 0.2) is 73.3 Å². The largest absolute Gasteiger partial charge is 0.291 e. The van der Waals surface area contributed by atoms with Gasteiger partial charge in [-0.25, -0.2) is 0 Å². The van der Waals surface area contributed by atoms with Crippen molar-refractivity contribution in [1.82, 2.24) is 20.2 Å². The maximum absolute atomic E-state index is 12.8. The van der Waals surface area contributed by atoms with Crippen molar-refractivity contribution in [2.75, 3.05) is 5.32 Å². The van der Waals surface area contributed by atoms with Crippen LogP contribution in [0.2, 0.25) is 0 Å². The second-order valence-electron chi connectivity index (χ2n) is 5.20. The molecule has 0 aliphatic heterocycles. The van der Waals surface area contributed by atoms with Gasteiger partial charge < -0.3 is 0 Å². The van der Waals surface area contributed by atoms with E-state index in [1.807, 2.05) is 60.7 Å². The van der Waals surface area contributed by atoms with Gasteiger partial charge in [0.05, 0.1) is 12.5 Å². The molecule has 1 heterocycles. The molecule has 0 fully saturated rings. The number of hydrogen-bond donors (Lipinski definition) is 1. The maximum atomic E-state index is 12.8. The summed E-state index contributed by atoms with van der Waals surface area (Å²) in [5.74, 6) is -0.469. The molecule has 0 spiro atoms. The molecule has 0 aliphatic rings. The highest BCUT2D eigenvalue weighted by atomic mass is 16.2. The predicted molar refractivity (Wildman–Crippen MR) is 91.4 cm³/mol. The standard InChI is InChI=1S/C18H17N5O/c1-2-13-23-21-18(20-22-23)19-17(24)16(14-9-5-3-6-10-14)15-11-7-4-8-12-15/h2-12,16H,1,13H2,(H,19,21,24). The van der Waals surface area contributed by atoms with Crippen LogP contribution in [0.5, 0.6) is 0 Å². The van der Waals surface area contributed by atoms with Gasteiger partial charge in [-0.1, -0.05) is 71.8 Å². The minimum atomic E-state index is -0.446. The second kappa shape index (κ2) is 7.32. The molecular weight excluding hydrogens is 302 g/mol. The van der Waals surface area contributed by atoms with Crippen LogP contribution in [-0.2, 0) is 11.3 Å². The van der Waals surface area contributed by atoms with Crippen LogP contribution in [0.3, 0.4) is 0 Å². The minimum Gasteiger partial charge on any atom is -0.291 e. The number of amides is 1. The average Bonchev–Trinajstić information content (AvgIpc) is 3.04. The summed E-state index contributed by atoms with van der Waals surface area (Å²) in [6, 6.07) is 19.2. The molecule has 3 aromatic rings. The van der Waals surface area contributed by atoms with Crippen molar-refractivity contribution >= 4 is 11.9 Å². The van der Waals surface area contributed by atoms with E-state index in [1.54, 1.807) is 6.08 Å². The molecule has 6 nitrogen and oxygen atoms in total. The highest BCUT2D eigenvalue weighted by molar-refractivity contribution is 5.96. The molecule has 120 valence electrons. The number of allylic oxidation sites excluding steroid dienone is 1. The molecule has 6 heteroatoms. The monoisotopic (exact) mass is 319 g/mol. The molecule has 0 unspecified atom stereocenters. The first-order valence-electron chi connectivity index (χ1n) is 7.57. The minimum absolute atomic E-state index is 0.179. The number of anilines is 1. The van der Waals surface area contributed by atoms with E-state index in [2.05, 4.69) is 27.3 Å². The first kappa shape index (κ1) is 15.6. The Labute approximate surface area is 139 Å². The topological polar surface area (TPSA) is 72.7 Å². The van der Waals surface area contributed by atoms with E-state index in [0.717, 1.165) is 11.1 Å². The van der Waals surface area contributed by atoms with Crippen molar-refractivity contribution in [1.29, 1.82) is 0 Å². The molecule has 0 atom stereocenters. The molecule has 0 aliphatic carbocycles. The lowest BCUT2D eigenvalue weighted by Gasteiger charge is -2.16. The number of benzene rings is 2. The molecule has 0 saturated carbocycles. The Morgan fingerprint density at radius 2 is 1.67 bits per heavy atom. The van der Waals surface area contributed by atoms with Crippen LogP contribution >= 0.6 is 0 Å². The zero-order valence-corrected chi connectivity index (χ0v) is 13.0. The molecule has 0 bridgehead atoms. The van der Waals surface area contributed by atoms with Gasteiger partial charge in [0.1, 0.15) is 0 Å². The van der Waals surface area contributed by atoms with Crippen molar-refractivity contribution in [2.24, 2.45) is 0 Å². The lowest BCUT2D eigenvalue weighted by atomic mass is 9.90. The highest BCUT2D eigenvalue weighted by Crippen LogP contribution is 2.25. The summed E-state index contributed by atoms with van der Waals surface area (Å²) in [6.07, 6.45) is 1.66. The number of aromatic nitrogens is 4. The van der Waals surface area contributed by atoms with Crippen LogP contribution in [0.1, 0.15) is 17.0 Å². The Hall–Kier alpha value is -3.28. The molecule has 24 heavy (non-hydrogen) atoms. The van der Waals surface area contributed by atoms with Gasteiger partial charge in [-0.15, -0.1) is 11.7 Å². The summed E-state index contributed by atoms with van der Waals surface area (Å²) < 4.78 is 0. The summed E-state index contributed by atoms with van der Waals surface area (Å²) in [4.78, 5) is 14.2. The van der Waals surface area contributed by atoms with Crippen molar-refractivity contribution in [3.63, 3.8) is 0 Å². The Kier molecular flexibility index (Phi) is 4.76. The zero-order valence-electron chi connectivity index (χ0n) is 13.0. The van der Waals surface area contributed by atoms with E-state index in [-0.39, 0.29) is 11.9 Å². The first-order valence-corrected chi connectivity index (χ1v) is 7.57. The van der Waals surface area contributed by atoms with Gasteiger partial charge in [-0.3, -0.25) is 10.1 Å². The summed E-state index contributed by atoms with van der Waals surface area (Å²) in [5.41, 5.74) is 1.80. The first-order chi connectivity index (χ1) is 11.8. The number of tetrazole rings is 1. The van der Waals surface area contributed by atoms with Crippen LogP contribution < -0.4 is 5.32 Å². The van der Waals surface area contributed by atoms with Gasteiger partial charge in [0.25, 0.3) is 5.95 Å². The molecule has 0 saturated heterocycles. The molecular formula is C18H17N5O. The number of carbonyl (C=O) groups is 1. The summed E-state index contributed by atoms with van der Waals surface area (Å²) >= 11 is 0. The Balaban J connectivity index is 1.87. The lowest BCUT2D eigenvalue weighted by Crippen LogP contribution is -2.23. The number of hydrogen-bond acceptors (Lipinski definition) is 4. The number of nitrogens with one attached hydrogen (secondary N) is 1. The van der Waals surface area contributed by atoms with E-state index in [9.17, 15) is 4.79 Å². The fourth-order valence-corrected chi connectivity index (χ4v) is 2.45. The van der Waals surface area contributed by atoms with Crippen LogP contribution in [0, 0.1) is 0 Å². The van der Waals surface area contributed by atoms with E-state index in [1.165, 1.54) is 4.80 Å². The van der Waals surface area contributed by atoms with Gasteiger partial charge >= 0.3 is 0 Å². The number of nitrogens with zero attached hydrogens (tertiary/aromatic N) is 4. The van der Waals surface area contributed by atoms with Gasteiger partial charge in [-0.05, 0) is 16.3 Å². The zero-order chi connectivity index (χ0) is 16.8. The normalized spacial score (nSPS) is 10.5. The fourth-order valence-electron chi connectivity index (χ4n) is 2.45. The molecule has 1 N–H and O–H groups in total. The molecule has 1 amide bonds. The van der Waals surface area contributed by atoms with Gasteiger partial charge in [-0.2, -0.15) is 4.80 Å². The summed E-state index contributed by atoms with van der Waals surface area (Å²) in [6.45, 7) is 4.05. The van der Waals surface area contributed by atoms with Gasteiger partial charge in [0.2, 0.25) is 5.91 Å². The fraction of sp³-hybridized carbons (Fsp3) is 0.111. The summed E-state index contributed by atoms with van der Waals surface area (Å²) in [7, 11) is 0. The quantitative estimate of drug-likeness (QED) is 0.709. The van der Waals surface area contributed by atoms with E-state index < -0.39 is 5.92 Å². The second-order valence-corrected chi connectivity index (χ2v) is 5.20. The van der Waals surface area contributed by atoms with E-state index >= 15 is 0 Å². The third kappa shape index (κ3) is 3.55. The van der Waals surface area contributed by atoms with Gasteiger partial charge in [0.15, 0.2) is 0 Å². The van der Waals surface area contributed by atoms with Crippen molar-refractivity contribution < 1.29 is 4.79 Å². The summed E-state index contributed by atoms with van der Waals surface area (Å²) in [5, 5.41) is 14.5. The third-order valence-corrected chi connectivity index (χ3v) is 3.51. The third-order valence-electron chi connectivity index (χ3n) is 3.51. The lowest BCUT2D eigenvalue weighted by molar-refractivity contribution is -0.116. The van der Waals surface area contributed by atoms with E-state index in [4.69, 9.17) is 0 Å². The predicted octanol–water partition coefficient (Wildman–Crippen LogP) is 2.63. The van der Waals surface area contributed by atoms with Gasteiger partial charge in [0, 0.05) is 0 Å². The Morgan fingerprint density at radius 3 is 2.21 bits per heavy atom. The molecule has 2 aromatic carbocycles. The average molecular weight is 319 g/mol. The highest BCUT2D eigenvalue weighted by Gasteiger charge is 2.23. The molecule has 3 rings (SSSR count). The van der Waals surface area contributed by atoms with Crippen molar-refractivity contribution in [3.05, 3.63) is 84.4 Å². The Bertz CT molecular complexity index is 774. The number of carbonyl (C=O) groups excluding carboxylic acids is 1. The maximum Gasteiger partial charge on any atom is 0.270 e. The van der Waals surface area contributed by atoms with E-state index in [0.29, 0.717) is 6.54 Å². The van der Waals surface area contributed by atoms with Crippen LogP contribution in [-0.4, -0.2) is 26.1 Å². The van der Waals surface area contributed by atoms with Crippen LogP contribution in [0.4, 0.5) is 5.95 Å². The smallest absolute Gasteiger partial charge is 0.270 e. The van der Waals surface area contributed by atoms with Crippen LogP contribution in [0.25, 0.3) is 0 Å². The van der Waals surface area contributed by atoms with Crippen molar-refractivity contribution in [2.45, 2.75) is 12.5 Å². The van der Waals surface area contributed by atoms with Crippen molar-refractivity contribution in [3.8, 4) is 0 Å². The molecule has 0 radical (unpaired) electrons. The molecule has 1 aromatic heterocycles.